The molecule has 4 heteroatoms. The van der Waals surface area contributed by atoms with E-state index in [-0.39, 0.29) is 0 Å². The zero-order chi connectivity index (χ0) is 12.1. The third kappa shape index (κ3) is 3.84. The van der Waals surface area contributed by atoms with Gasteiger partial charge >= 0.3 is 0 Å². The molecular formula is C13H16N2S2. The van der Waals surface area contributed by atoms with E-state index in [9.17, 15) is 0 Å². The van der Waals surface area contributed by atoms with Crippen molar-refractivity contribution in [2.24, 2.45) is 0 Å². The molecule has 0 radical (unpaired) electrons. The average molecular weight is 264 g/mol. The molecule has 2 rings (SSSR count). The normalized spacial score (nSPS) is 10.7. The van der Waals surface area contributed by atoms with Gasteiger partial charge in [-0.05, 0) is 31.7 Å². The zero-order valence-electron chi connectivity index (χ0n) is 10.1. The Morgan fingerprint density at radius 3 is 2.65 bits per heavy atom. The van der Waals surface area contributed by atoms with Gasteiger partial charge in [-0.2, -0.15) is 0 Å². The monoisotopic (exact) mass is 264 g/mol. The Bertz CT molecular complexity index is 463. The largest absolute Gasteiger partial charge is 0.316 e. The molecule has 1 heterocycles. The summed E-state index contributed by atoms with van der Waals surface area (Å²) in [5, 5.41) is 6.45. The standard InChI is InChI=1S/C13H16N2S2/c1-10-8-17-13(15-10)9-16-12-5-3-11(4-6-12)7-14-2/h3-6,8,14H,7,9H2,1-2H3. The quantitative estimate of drug-likeness (QED) is 0.837. The second-order valence-corrected chi connectivity index (χ2v) is 5.84. The van der Waals surface area contributed by atoms with Crippen LogP contribution in [-0.2, 0) is 12.3 Å². The molecule has 0 aliphatic heterocycles. The van der Waals surface area contributed by atoms with Gasteiger partial charge in [0.05, 0.1) is 5.75 Å². The fourth-order valence-corrected chi connectivity index (χ4v) is 3.21. The van der Waals surface area contributed by atoms with E-state index in [0.717, 1.165) is 18.0 Å². The van der Waals surface area contributed by atoms with Crippen LogP contribution in [0.5, 0.6) is 0 Å². The van der Waals surface area contributed by atoms with Gasteiger partial charge in [0.15, 0.2) is 0 Å². The van der Waals surface area contributed by atoms with E-state index < -0.39 is 0 Å². The minimum atomic E-state index is 0.927. The first-order valence-corrected chi connectivity index (χ1v) is 7.42. The molecule has 1 aromatic carbocycles. The van der Waals surface area contributed by atoms with Crippen LogP contribution in [-0.4, -0.2) is 12.0 Å². The first kappa shape index (κ1) is 12.6. The van der Waals surface area contributed by atoms with Crippen LogP contribution >= 0.6 is 23.1 Å². The summed E-state index contributed by atoms with van der Waals surface area (Å²) >= 11 is 3.58. The average Bonchev–Trinajstić information content (AvgIpc) is 2.75. The number of hydrogen-bond donors (Lipinski definition) is 1. The maximum atomic E-state index is 4.46. The highest BCUT2D eigenvalue weighted by atomic mass is 32.2. The van der Waals surface area contributed by atoms with Crippen LogP contribution in [0.2, 0.25) is 0 Å². The molecule has 0 atom stereocenters. The van der Waals surface area contributed by atoms with Crippen molar-refractivity contribution in [3.8, 4) is 0 Å². The summed E-state index contributed by atoms with van der Waals surface area (Å²) in [5.74, 6) is 0.962. The molecule has 0 aliphatic rings. The molecule has 2 aromatic rings. The van der Waals surface area contributed by atoms with Gasteiger partial charge in [0.1, 0.15) is 5.01 Å². The molecule has 0 unspecified atom stereocenters. The fraction of sp³-hybridized carbons (Fsp3) is 0.308. The summed E-state index contributed by atoms with van der Waals surface area (Å²) in [6, 6.07) is 8.70. The Hall–Kier alpha value is -0.840. The molecule has 0 fully saturated rings. The summed E-state index contributed by atoms with van der Waals surface area (Å²) in [5.41, 5.74) is 2.44. The molecule has 0 spiro atoms. The minimum Gasteiger partial charge on any atom is -0.316 e. The lowest BCUT2D eigenvalue weighted by atomic mass is 10.2. The number of thioether (sulfide) groups is 1. The summed E-state index contributed by atoms with van der Waals surface area (Å²) < 4.78 is 0. The van der Waals surface area contributed by atoms with Crippen LogP contribution in [0.15, 0.2) is 34.5 Å². The van der Waals surface area contributed by atoms with E-state index >= 15 is 0 Å². The maximum absolute atomic E-state index is 4.46. The van der Waals surface area contributed by atoms with E-state index in [1.807, 2.05) is 25.7 Å². The third-order valence-corrected chi connectivity index (χ3v) is 4.51. The Morgan fingerprint density at radius 1 is 1.29 bits per heavy atom. The molecular weight excluding hydrogens is 248 g/mol. The Morgan fingerprint density at radius 2 is 2.06 bits per heavy atom. The van der Waals surface area contributed by atoms with E-state index in [1.54, 1.807) is 11.3 Å². The zero-order valence-corrected chi connectivity index (χ0v) is 11.7. The molecule has 0 aliphatic carbocycles. The van der Waals surface area contributed by atoms with Crippen LogP contribution < -0.4 is 5.32 Å². The number of nitrogens with zero attached hydrogens (tertiary/aromatic N) is 1. The smallest absolute Gasteiger partial charge is 0.103 e. The Labute approximate surface area is 110 Å². The van der Waals surface area contributed by atoms with Crippen LogP contribution in [0.3, 0.4) is 0 Å². The molecule has 0 saturated carbocycles. The molecule has 90 valence electrons. The van der Waals surface area contributed by atoms with Crippen LogP contribution in [0.4, 0.5) is 0 Å². The molecule has 0 amide bonds. The lowest BCUT2D eigenvalue weighted by molar-refractivity contribution is 0.817. The van der Waals surface area contributed by atoms with Crippen molar-refractivity contribution >= 4 is 23.1 Å². The molecule has 17 heavy (non-hydrogen) atoms. The van der Waals surface area contributed by atoms with Crippen molar-refractivity contribution in [2.75, 3.05) is 7.05 Å². The van der Waals surface area contributed by atoms with Gasteiger partial charge in [-0.1, -0.05) is 12.1 Å². The SMILES string of the molecule is CNCc1ccc(SCc2nc(C)cs2)cc1. The van der Waals surface area contributed by atoms with Crippen molar-refractivity contribution in [3.63, 3.8) is 0 Å². The van der Waals surface area contributed by atoms with Crippen molar-refractivity contribution in [1.82, 2.24) is 10.3 Å². The predicted octanol–water partition coefficient (Wildman–Crippen LogP) is 3.46. The van der Waals surface area contributed by atoms with Gasteiger partial charge in [-0.25, -0.2) is 4.98 Å². The van der Waals surface area contributed by atoms with E-state index in [4.69, 9.17) is 0 Å². The highest BCUT2D eigenvalue weighted by Crippen LogP contribution is 2.24. The fourth-order valence-electron chi connectivity index (χ4n) is 1.52. The van der Waals surface area contributed by atoms with E-state index in [2.05, 4.69) is 39.9 Å². The summed E-state index contributed by atoms with van der Waals surface area (Å²) in [6.45, 7) is 2.97. The third-order valence-electron chi connectivity index (χ3n) is 2.33. The van der Waals surface area contributed by atoms with Crippen molar-refractivity contribution < 1.29 is 0 Å². The van der Waals surface area contributed by atoms with E-state index in [0.29, 0.717) is 0 Å². The number of aryl methyl sites for hydroxylation is 1. The lowest BCUT2D eigenvalue weighted by Gasteiger charge is -2.02. The summed E-state index contributed by atoms with van der Waals surface area (Å²) in [4.78, 5) is 5.76. The van der Waals surface area contributed by atoms with Crippen LogP contribution in [0.1, 0.15) is 16.3 Å². The molecule has 2 nitrogen and oxygen atoms in total. The van der Waals surface area contributed by atoms with Crippen molar-refractivity contribution in [3.05, 3.63) is 45.9 Å². The molecule has 0 bridgehead atoms. The molecule has 0 saturated heterocycles. The Balaban J connectivity index is 1.90. The number of nitrogens with one attached hydrogen (secondary N) is 1. The van der Waals surface area contributed by atoms with Crippen molar-refractivity contribution in [2.45, 2.75) is 24.1 Å². The lowest BCUT2D eigenvalue weighted by Crippen LogP contribution is -2.04. The first-order chi connectivity index (χ1) is 8.28. The summed E-state index contributed by atoms with van der Waals surface area (Å²) in [6.07, 6.45) is 0. The van der Waals surface area contributed by atoms with E-state index in [1.165, 1.54) is 15.5 Å². The van der Waals surface area contributed by atoms with Gasteiger partial charge in [0.2, 0.25) is 0 Å². The summed E-state index contributed by atoms with van der Waals surface area (Å²) in [7, 11) is 1.97. The number of hydrogen-bond acceptors (Lipinski definition) is 4. The second kappa shape index (κ2) is 6.19. The number of aromatic nitrogens is 1. The van der Waals surface area contributed by atoms with Gasteiger partial charge < -0.3 is 5.32 Å². The minimum absolute atomic E-state index is 0.927. The van der Waals surface area contributed by atoms with Gasteiger partial charge in [-0.15, -0.1) is 23.1 Å². The Kier molecular flexibility index (Phi) is 4.59. The van der Waals surface area contributed by atoms with Gasteiger partial charge in [-0.3, -0.25) is 0 Å². The number of rotatable bonds is 5. The van der Waals surface area contributed by atoms with Gasteiger partial charge in [0.25, 0.3) is 0 Å². The first-order valence-electron chi connectivity index (χ1n) is 5.55. The topological polar surface area (TPSA) is 24.9 Å². The second-order valence-electron chi connectivity index (χ2n) is 3.85. The maximum Gasteiger partial charge on any atom is 0.103 e. The number of thiazole rings is 1. The molecule has 1 N–H and O–H groups in total. The number of benzene rings is 1. The highest BCUT2D eigenvalue weighted by Gasteiger charge is 2.00. The molecule has 1 aromatic heterocycles. The van der Waals surface area contributed by atoms with Gasteiger partial charge in [0, 0.05) is 22.5 Å². The highest BCUT2D eigenvalue weighted by molar-refractivity contribution is 7.98. The van der Waals surface area contributed by atoms with Crippen LogP contribution in [0, 0.1) is 6.92 Å². The van der Waals surface area contributed by atoms with Crippen LogP contribution in [0.25, 0.3) is 0 Å². The predicted molar refractivity (Wildman–Crippen MR) is 75.6 cm³/mol. The van der Waals surface area contributed by atoms with Crippen molar-refractivity contribution in [1.29, 1.82) is 0 Å².